The number of amides is 1. The molecule has 1 aromatic carbocycles. The molecule has 1 aliphatic heterocycles. The lowest BCUT2D eigenvalue weighted by atomic mass is 10.1. The zero-order chi connectivity index (χ0) is 12.1. The summed E-state index contributed by atoms with van der Waals surface area (Å²) in [6.07, 6.45) is 2.62. The van der Waals surface area contributed by atoms with Crippen LogP contribution in [-0.4, -0.2) is 25.0 Å². The monoisotopic (exact) mass is 288 g/mol. The summed E-state index contributed by atoms with van der Waals surface area (Å²) >= 11 is 5.80. The summed E-state index contributed by atoms with van der Waals surface area (Å²) in [6, 6.07) is 7.68. The molecule has 0 saturated carbocycles. The van der Waals surface area contributed by atoms with Crippen LogP contribution >= 0.6 is 24.0 Å². The zero-order valence-electron chi connectivity index (χ0n) is 10.1. The van der Waals surface area contributed by atoms with E-state index in [0.29, 0.717) is 11.4 Å². The molecule has 0 unspecified atom stereocenters. The van der Waals surface area contributed by atoms with Gasteiger partial charge < -0.3 is 10.6 Å². The van der Waals surface area contributed by atoms with Crippen LogP contribution in [-0.2, 0) is 11.2 Å². The van der Waals surface area contributed by atoms with Gasteiger partial charge in [0.25, 0.3) is 0 Å². The molecule has 0 radical (unpaired) electrons. The number of piperidine rings is 1. The zero-order valence-corrected chi connectivity index (χ0v) is 11.7. The molecule has 18 heavy (non-hydrogen) atoms. The molecule has 1 saturated heterocycles. The highest BCUT2D eigenvalue weighted by Gasteiger charge is 2.15. The van der Waals surface area contributed by atoms with E-state index in [2.05, 4.69) is 10.6 Å². The Morgan fingerprint density at radius 2 is 2.11 bits per heavy atom. The van der Waals surface area contributed by atoms with Crippen molar-refractivity contribution in [2.75, 3.05) is 13.1 Å². The van der Waals surface area contributed by atoms with Gasteiger partial charge in [-0.3, -0.25) is 4.79 Å². The molecule has 0 aromatic heterocycles. The molecule has 1 aromatic rings. The minimum Gasteiger partial charge on any atom is -0.352 e. The Balaban J connectivity index is 0.00000162. The van der Waals surface area contributed by atoms with E-state index >= 15 is 0 Å². The van der Waals surface area contributed by atoms with Crippen LogP contribution in [0.5, 0.6) is 0 Å². The lowest BCUT2D eigenvalue weighted by molar-refractivity contribution is -0.121. The van der Waals surface area contributed by atoms with Crippen LogP contribution in [0, 0.1) is 0 Å². The van der Waals surface area contributed by atoms with Crippen molar-refractivity contribution >= 4 is 29.9 Å². The van der Waals surface area contributed by atoms with Crippen molar-refractivity contribution in [3.8, 4) is 0 Å². The summed E-state index contributed by atoms with van der Waals surface area (Å²) < 4.78 is 0. The lowest BCUT2D eigenvalue weighted by Crippen LogP contribution is -2.46. The molecule has 2 rings (SSSR count). The normalized spacial score (nSPS) is 18.8. The van der Waals surface area contributed by atoms with Crippen molar-refractivity contribution in [2.45, 2.75) is 25.3 Å². The molecule has 1 aliphatic rings. The smallest absolute Gasteiger partial charge is 0.224 e. The Hall–Kier alpha value is -0.770. The van der Waals surface area contributed by atoms with E-state index in [-0.39, 0.29) is 24.4 Å². The first-order valence-corrected chi connectivity index (χ1v) is 6.36. The van der Waals surface area contributed by atoms with Crippen LogP contribution in [0.3, 0.4) is 0 Å². The average Bonchev–Trinajstić information content (AvgIpc) is 2.33. The maximum Gasteiger partial charge on any atom is 0.224 e. The second-order valence-corrected chi connectivity index (χ2v) is 4.85. The van der Waals surface area contributed by atoms with Crippen molar-refractivity contribution < 1.29 is 4.79 Å². The highest BCUT2D eigenvalue weighted by atomic mass is 35.5. The lowest BCUT2D eigenvalue weighted by Gasteiger charge is -2.23. The van der Waals surface area contributed by atoms with Crippen LogP contribution in [0.2, 0.25) is 5.02 Å². The topological polar surface area (TPSA) is 41.1 Å². The van der Waals surface area contributed by atoms with Crippen molar-refractivity contribution in [3.05, 3.63) is 34.9 Å². The first-order valence-electron chi connectivity index (χ1n) is 5.98. The molecule has 1 atom stereocenters. The van der Waals surface area contributed by atoms with Crippen molar-refractivity contribution in [3.63, 3.8) is 0 Å². The third-order valence-corrected chi connectivity index (χ3v) is 3.19. The molecule has 3 nitrogen and oxygen atoms in total. The number of benzene rings is 1. The first-order chi connectivity index (χ1) is 8.24. The molecular weight excluding hydrogens is 271 g/mol. The quantitative estimate of drug-likeness (QED) is 0.895. The molecule has 5 heteroatoms. The van der Waals surface area contributed by atoms with Gasteiger partial charge in [-0.25, -0.2) is 0 Å². The van der Waals surface area contributed by atoms with Crippen LogP contribution in [0.4, 0.5) is 0 Å². The van der Waals surface area contributed by atoms with E-state index in [1.54, 1.807) is 0 Å². The summed E-state index contributed by atoms with van der Waals surface area (Å²) in [5, 5.41) is 7.03. The summed E-state index contributed by atoms with van der Waals surface area (Å²) in [7, 11) is 0. The van der Waals surface area contributed by atoms with Crippen molar-refractivity contribution in [1.29, 1.82) is 0 Å². The Morgan fingerprint density at radius 1 is 1.39 bits per heavy atom. The van der Waals surface area contributed by atoms with E-state index in [4.69, 9.17) is 11.6 Å². The number of hydrogen-bond acceptors (Lipinski definition) is 2. The molecule has 1 fully saturated rings. The minimum absolute atomic E-state index is 0. The highest BCUT2D eigenvalue weighted by Crippen LogP contribution is 2.10. The fourth-order valence-electron chi connectivity index (χ4n) is 2.04. The fraction of sp³-hybridized carbons (Fsp3) is 0.462. The van der Waals surface area contributed by atoms with E-state index in [1.807, 2.05) is 24.3 Å². The second kappa shape index (κ2) is 7.62. The number of hydrogen-bond donors (Lipinski definition) is 2. The van der Waals surface area contributed by atoms with Crippen molar-refractivity contribution in [1.82, 2.24) is 10.6 Å². The van der Waals surface area contributed by atoms with Crippen molar-refractivity contribution in [2.24, 2.45) is 0 Å². The van der Waals surface area contributed by atoms with E-state index in [0.717, 1.165) is 31.5 Å². The molecule has 1 amide bonds. The van der Waals surface area contributed by atoms with Gasteiger partial charge in [0, 0.05) is 17.6 Å². The van der Waals surface area contributed by atoms with Gasteiger partial charge in [0.1, 0.15) is 0 Å². The van der Waals surface area contributed by atoms with Crippen LogP contribution in [0.1, 0.15) is 18.4 Å². The Labute approximate surface area is 119 Å². The molecule has 100 valence electrons. The minimum atomic E-state index is 0. The van der Waals surface area contributed by atoms with Gasteiger partial charge >= 0.3 is 0 Å². The van der Waals surface area contributed by atoms with Gasteiger partial charge in [0.2, 0.25) is 5.91 Å². The van der Waals surface area contributed by atoms with Gasteiger partial charge in [0.05, 0.1) is 6.42 Å². The largest absolute Gasteiger partial charge is 0.352 e. The Bertz CT molecular complexity index is 375. The standard InChI is InChI=1S/C13H17ClN2O.ClH/c14-11-5-3-10(4-6-11)8-13(17)16-12-2-1-7-15-9-12;/h3-6,12,15H,1-2,7-9H2,(H,16,17);1H/t12-;/m0./s1. The number of rotatable bonds is 3. The summed E-state index contributed by atoms with van der Waals surface area (Å²) in [6.45, 7) is 1.94. The molecule has 2 N–H and O–H groups in total. The Morgan fingerprint density at radius 3 is 2.72 bits per heavy atom. The van der Waals surface area contributed by atoms with E-state index < -0.39 is 0 Å². The van der Waals surface area contributed by atoms with Crippen LogP contribution < -0.4 is 10.6 Å². The average molecular weight is 289 g/mol. The number of carbonyl (C=O) groups excluding carboxylic acids is 1. The molecule has 0 bridgehead atoms. The maximum absolute atomic E-state index is 11.8. The fourth-order valence-corrected chi connectivity index (χ4v) is 2.17. The van der Waals surface area contributed by atoms with Gasteiger partial charge in [-0.2, -0.15) is 0 Å². The molecular formula is C13H18Cl2N2O. The predicted molar refractivity (Wildman–Crippen MR) is 76.4 cm³/mol. The van der Waals surface area contributed by atoms with E-state index in [1.165, 1.54) is 0 Å². The van der Waals surface area contributed by atoms with Gasteiger partial charge in [-0.05, 0) is 37.1 Å². The van der Waals surface area contributed by atoms with Gasteiger partial charge in [-0.15, -0.1) is 12.4 Å². The summed E-state index contributed by atoms with van der Waals surface area (Å²) in [4.78, 5) is 11.8. The van der Waals surface area contributed by atoms with Gasteiger partial charge in [-0.1, -0.05) is 23.7 Å². The first kappa shape index (κ1) is 15.3. The van der Waals surface area contributed by atoms with E-state index in [9.17, 15) is 4.79 Å². The number of nitrogens with one attached hydrogen (secondary N) is 2. The molecule has 0 aliphatic carbocycles. The van der Waals surface area contributed by atoms with Crippen LogP contribution in [0.15, 0.2) is 24.3 Å². The summed E-state index contributed by atoms with van der Waals surface area (Å²) in [5.74, 6) is 0.0843. The predicted octanol–water partition coefficient (Wildman–Crippen LogP) is 2.17. The third kappa shape index (κ3) is 4.84. The Kier molecular flexibility index (Phi) is 6.47. The highest BCUT2D eigenvalue weighted by molar-refractivity contribution is 6.30. The molecule has 1 heterocycles. The number of carbonyl (C=O) groups is 1. The second-order valence-electron chi connectivity index (χ2n) is 4.41. The SMILES string of the molecule is Cl.O=C(Cc1ccc(Cl)cc1)N[C@H]1CCCNC1. The van der Waals surface area contributed by atoms with Gasteiger partial charge in [0.15, 0.2) is 0 Å². The maximum atomic E-state index is 11.8. The van der Waals surface area contributed by atoms with Crippen LogP contribution in [0.25, 0.3) is 0 Å². The number of halogens is 2. The summed E-state index contributed by atoms with van der Waals surface area (Å²) in [5.41, 5.74) is 0.996. The molecule has 0 spiro atoms. The third-order valence-electron chi connectivity index (χ3n) is 2.94.